The normalized spacial score (nSPS) is 37.1. The number of alkyl halides is 2. The second kappa shape index (κ2) is 3.44. The molecule has 1 unspecified atom stereocenters. The highest BCUT2D eigenvalue weighted by Gasteiger charge is 2.69. The molecule has 14 heavy (non-hydrogen) atoms. The van der Waals surface area contributed by atoms with Gasteiger partial charge in [0.25, 0.3) is 5.92 Å². The zero-order valence-corrected chi connectivity index (χ0v) is 8.57. The molecule has 0 aromatic carbocycles. The van der Waals surface area contributed by atoms with E-state index in [-0.39, 0.29) is 13.0 Å². The van der Waals surface area contributed by atoms with Gasteiger partial charge in [-0.3, -0.25) is 0 Å². The Bertz CT molecular complexity index is 211. The summed E-state index contributed by atoms with van der Waals surface area (Å²) < 4.78 is 26.3. The molecule has 1 nitrogen and oxygen atoms in total. The average Bonchev–Trinajstić information content (AvgIpc) is 2.70. The highest BCUT2D eigenvalue weighted by Crippen LogP contribution is 2.63. The van der Waals surface area contributed by atoms with Crippen molar-refractivity contribution in [3.8, 4) is 0 Å². The smallest absolute Gasteiger partial charge is 0.255 e. The number of hydrogen-bond acceptors (Lipinski definition) is 1. The third kappa shape index (κ3) is 1.67. The molecule has 0 aliphatic heterocycles. The Morgan fingerprint density at radius 2 is 1.71 bits per heavy atom. The molecule has 0 bridgehead atoms. The van der Waals surface area contributed by atoms with Gasteiger partial charge >= 0.3 is 0 Å². The number of halogens is 2. The fraction of sp³-hybridized carbons (Fsp3) is 1.00. The first kappa shape index (κ1) is 10.3. The second-order valence-corrected chi connectivity index (χ2v) is 5.07. The van der Waals surface area contributed by atoms with Crippen molar-refractivity contribution in [2.75, 3.05) is 6.54 Å². The molecular formula is C11H19F2N. The lowest BCUT2D eigenvalue weighted by Crippen LogP contribution is -2.26. The zero-order chi connectivity index (χ0) is 10.2. The molecule has 0 aromatic heterocycles. The fourth-order valence-corrected chi connectivity index (χ4v) is 2.85. The molecule has 0 spiro atoms. The van der Waals surface area contributed by atoms with Crippen LogP contribution < -0.4 is 5.73 Å². The van der Waals surface area contributed by atoms with Crippen LogP contribution in [0.1, 0.15) is 44.9 Å². The molecule has 3 heteroatoms. The van der Waals surface area contributed by atoms with E-state index in [9.17, 15) is 8.78 Å². The Labute approximate surface area is 84.0 Å². The zero-order valence-electron chi connectivity index (χ0n) is 8.57. The van der Waals surface area contributed by atoms with Crippen molar-refractivity contribution < 1.29 is 8.78 Å². The maximum absolute atomic E-state index is 13.1. The van der Waals surface area contributed by atoms with Crippen LogP contribution in [0.2, 0.25) is 0 Å². The maximum Gasteiger partial charge on any atom is 0.255 e. The SMILES string of the molecule is NCC1(CC2CCCCC2)CC1(F)F. The van der Waals surface area contributed by atoms with Crippen molar-refractivity contribution in [2.24, 2.45) is 17.1 Å². The van der Waals surface area contributed by atoms with Crippen LogP contribution in [0.25, 0.3) is 0 Å². The molecular weight excluding hydrogens is 184 g/mol. The second-order valence-electron chi connectivity index (χ2n) is 5.07. The number of nitrogens with two attached hydrogens (primary N) is 1. The number of hydrogen-bond donors (Lipinski definition) is 1. The van der Waals surface area contributed by atoms with E-state index >= 15 is 0 Å². The molecule has 82 valence electrons. The van der Waals surface area contributed by atoms with Gasteiger partial charge in [-0.25, -0.2) is 8.78 Å². The maximum atomic E-state index is 13.1. The predicted molar refractivity (Wildman–Crippen MR) is 52.2 cm³/mol. The average molecular weight is 203 g/mol. The van der Waals surface area contributed by atoms with Crippen molar-refractivity contribution in [2.45, 2.75) is 50.9 Å². The summed E-state index contributed by atoms with van der Waals surface area (Å²) in [5.74, 6) is -1.94. The predicted octanol–water partition coefficient (Wildman–Crippen LogP) is 2.94. The molecule has 2 aliphatic carbocycles. The highest BCUT2D eigenvalue weighted by molar-refractivity contribution is 5.11. The van der Waals surface area contributed by atoms with Gasteiger partial charge in [-0.15, -0.1) is 0 Å². The van der Waals surface area contributed by atoms with Crippen LogP contribution in [0, 0.1) is 11.3 Å². The minimum absolute atomic E-state index is 0.0347. The molecule has 2 saturated carbocycles. The van der Waals surface area contributed by atoms with Gasteiger partial charge in [0, 0.05) is 13.0 Å². The van der Waals surface area contributed by atoms with Crippen molar-refractivity contribution in [3.05, 3.63) is 0 Å². The quantitative estimate of drug-likeness (QED) is 0.749. The summed E-state index contributed by atoms with van der Waals surface area (Å²) in [7, 11) is 0. The van der Waals surface area contributed by atoms with Crippen LogP contribution in [-0.2, 0) is 0 Å². The van der Waals surface area contributed by atoms with E-state index in [4.69, 9.17) is 5.73 Å². The summed E-state index contributed by atoms with van der Waals surface area (Å²) in [6, 6.07) is 0. The van der Waals surface area contributed by atoms with Crippen LogP contribution in [-0.4, -0.2) is 12.5 Å². The third-order valence-corrected chi connectivity index (χ3v) is 4.01. The van der Waals surface area contributed by atoms with E-state index in [1.54, 1.807) is 0 Å². The Morgan fingerprint density at radius 1 is 1.14 bits per heavy atom. The molecule has 2 fully saturated rings. The number of rotatable bonds is 3. The van der Waals surface area contributed by atoms with Crippen LogP contribution in [0.3, 0.4) is 0 Å². The topological polar surface area (TPSA) is 26.0 Å². The van der Waals surface area contributed by atoms with Gasteiger partial charge < -0.3 is 5.73 Å². The van der Waals surface area contributed by atoms with E-state index in [1.807, 2.05) is 0 Å². The monoisotopic (exact) mass is 203 g/mol. The van der Waals surface area contributed by atoms with E-state index in [0.29, 0.717) is 12.3 Å². The Morgan fingerprint density at radius 3 is 2.14 bits per heavy atom. The molecule has 0 saturated heterocycles. The van der Waals surface area contributed by atoms with Gasteiger partial charge in [0.1, 0.15) is 0 Å². The van der Waals surface area contributed by atoms with Crippen molar-refractivity contribution >= 4 is 0 Å². The molecule has 0 aromatic rings. The Hall–Kier alpha value is -0.180. The minimum atomic E-state index is -2.46. The lowest BCUT2D eigenvalue weighted by atomic mass is 9.81. The fourth-order valence-electron chi connectivity index (χ4n) is 2.85. The van der Waals surface area contributed by atoms with Crippen LogP contribution >= 0.6 is 0 Å². The van der Waals surface area contributed by atoms with Gasteiger partial charge in [-0.1, -0.05) is 32.1 Å². The lowest BCUT2D eigenvalue weighted by molar-refractivity contribution is 0.0536. The van der Waals surface area contributed by atoms with Crippen LogP contribution in [0.5, 0.6) is 0 Å². The molecule has 2 N–H and O–H groups in total. The van der Waals surface area contributed by atoms with Gasteiger partial charge in [-0.05, 0) is 12.3 Å². The van der Waals surface area contributed by atoms with E-state index < -0.39 is 11.3 Å². The van der Waals surface area contributed by atoms with E-state index in [2.05, 4.69) is 0 Å². The summed E-state index contributed by atoms with van der Waals surface area (Å²) in [4.78, 5) is 0. The first-order chi connectivity index (χ1) is 6.60. The molecule has 0 amide bonds. The minimum Gasteiger partial charge on any atom is -0.330 e. The molecule has 2 rings (SSSR count). The van der Waals surface area contributed by atoms with Gasteiger partial charge in [0.05, 0.1) is 5.41 Å². The van der Waals surface area contributed by atoms with Gasteiger partial charge in [0.15, 0.2) is 0 Å². The summed E-state index contributed by atoms with van der Waals surface area (Å²) in [6.45, 7) is 0.163. The van der Waals surface area contributed by atoms with Crippen molar-refractivity contribution in [3.63, 3.8) is 0 Å². The largest absolute Gasteiger partial charge is 0.330 e. The first-order valence-corrected chi connectivity index (χ1v) is 5.68. The summed E-state index contributed by atoms with van der Waals surface area (Å²) in [5.41, 5.74) is 4.67. The lowest BCUT2D eigenvalue weighted by Gasteiger charge is -2.25. The van der Waals surface area contributed by atoms with Gasteiger partial charge in [-0.2, -0.15) is 0 Å². The van der Waals surface area contributed by atoms with Crippen molar-refractivity contribution in [1.29, 1.82) is 0 Å². The highest BCUT2D eigenvalue weighted by atomic mass is 19.3. The Kier molecular flexibility index (Phi) is 2.54. The molecule has 0 heterocycles. The standard InChI is InChI=1S/C11H19F2N/c12-11(13)7-10(11,8-14)6-9-4-2-1-3-5-9/h9H,1-8,14H2. The molecule has 2 aliphatic rings. The van der Waals surface area contributed by atoms with Crippen LogP contribution in [0.4, 0.5) is 8.78 Å². The molecule has 0 radical (unpaired) electrons. The Balaban J connectivity index is 1.89. The molecule has 1 atom stereocenters. The van der Waals surface area contributed by atoms with E-state index in [1.165, 1.54) is 19.3 Å². The van der Waals surface area contributed by atoms with Gasteiger partial charge in [0.2, 0.25) is 0 Å². The summed E-state index contributed by atoms with van der Waals surface area (Å²) in [5, 5.41) is 0. The summed E-state index contributed by atoms with van der Waals surface area (Å²) in [6.07, 6.45) is 6.69. The third-order valence-electron chi connectivity index (χ3n) is 4.01. The summed E-state index contributed by atoms with van der Waals surface area (Å²) >= 11 is 0. The van der Waals surface area contributed by atoms with Crippen LogP contribution in [0.15, 0.2) is 0 Å². The van der Waals surface area contributed by atoms with Crippen molar-refractivity contribution in [1.82, 2.24) is 0 Å². The van der Waals surface area contributed by atoms with E-state index in [0.717, 1.165) is 12.8 Å². The first-order valence-electron chi connectivity index (χ1n) is 5.68.